The van der Waals surface area contributed by atoms with Crippen LogP contribution in [0.3, 0.4) is 0 Å². The summed E-state index contributed by atoms with van der Waals surface area (Å²) in [5.74, 6) is 0. The minimum atomic E-state index is 0.330. The molecular formula is C11H26N2. The summed E-state index contributed by atoms with van der Waals surface area (Å²) < 4.78 is 0. The predicted molar refractivity (Wildman–Crippen MR) is 59.9 cm³/mol. The van der Waals surface area contributed by atoms with E-state index in [1.807, 2.05) is 0 Å². The topological polar surface area (TPSA) is 29.3 Å². The molecule has 13 heavy (non-hydrogen) atoms. The van der Waals surface area contributed by atoms with Crippen molar-refractivity contribution in [2.24, 2.45) is 5.73 Å². The molecule has 0 aliphatic heterocycles. The Hall–Kier alpha value is -0.0800. The zero-order valence-corrected chi connectivity index (χ0v) is 9.71. The molecule has 2 heteroatoms. The molecule has 2 atom stereocenters. The van der Waals surface area contributed by atoms with Gasteiger partial charge in [-0.15, -0.1) is 0 Å². The fourth-order valence-corrected chi connectivity index (χ4v) is 1.62. The Bertz CT molecular complexity index is 115. The molecule has 0 bridgehead atoms. The van der Waals surface area contributed by atoms with Crippen molar-refractivity contribution in [3.63, 3.8) is 0 Å². The van der Waals surface area contributed by atoms with Crippen LogP contribution >= 0.6 is 0 Å². The van der Waals surface area contributed by atoms with E-state index in [0.29, 0.717) is 12.1 Å². The zero-order chi connectivity index (χ0) is 10.3. The average molecular weight is 186 g/mol. The maximum absolute atomic E-state index is 6.02. The molecule has 0 saturated heterocycles. The Morgan fingerprint density at radius 3 is 2.23 bits per heavy atom. The smallest absolute Gasteiger partial charge is 0.0218 e. The second-order valence-electron chi connectivity index (χ2n) is 3.79. The van der Waals surface area contributed by atoms with Gasteiger partial charge in [0.2, 0.25) is 0 Å². The molecule has 0 aromatic carbocycles. The van der Waals surface area contributed by atoms with Gasteiger partial charge in [-0.1, -0.05) is 27.2 Å². The number of nitrogens with two attached hydrogens (primary N) is 1. The zero-order valence-electron chi connectivity index (χ0n) is 9.71. The molecule has 80 valence electrons. The van der Waals surface area contributed by atoms with E-state index in [2.05, 4.69) is 32.6 Å². The summed E-state index contributed by atoms with van der Waals surface area (Å²) in [7, 11) is 0. The first-order valence-electron chi connectivity index (χ1n) is 5.66. The fourth-order valence-electron chi connectivity index (χ4n) is 1.62. The van der Waals surface area contributed by atoms with Gasteiger partial charge in [0.15, 0.2) is 0 Å². The lowest BCUT2D eigenvalue weighted by Gasteiger charge is -2.31. The first kappa shape index (κ1) is 12.9. The highest BCUT2D eigenvalue weighted by Crippen LogP contribution is 2.06. The van der Waals surface area contributed by atoms with Crippen molar-refractivity contribution in [2.75, 3.05) is 13.1 Å². The van der Waals surface area contributed by atoms with Crippen molar-refractivity contribution in [3.05, 3.63) is 0 Å². The van der Waals surface area contributed by atoms with Gasteiger partial charge < -0.3 is 5.73 Å². The molecular weight excluding hydrogens is 160 g/mol. The molecule has 2 nitrogen and oxygen atoms in total. The van der Waals surface area contributed by atoms with Crippen molar-refractivity contribution < 1.29 is 0 Å². The van der Waals surface area contributed by atoms with Gasteiger partial charge in [-0.25, -0.2) is 0 Å². The molecule has 0 rings (SSSR count). The number of hydrogen-bond donors (Lipinski definition) is 1. The lowest BCUT2D eigenvalue weighted by atomic mass is 10.1. The van der Waals surface area contributed by atoms with Crippen molar-refractivity contribution in [1.82, 2.24) is 4.90 Å². The van der Waals surface area contributed by atoms with Gasteiger partial charge in [-0.2, -0.15) is 0 Å². The number of nitrogens with zero attached hydrogens (tertiary/aromatic N) is 1. The maximum atomic E-state index is 6.02. The molecule has 0 aromatic rings. The average Bonchev–Trinajstić information content (AvgIpc) is 2.17. The molecule has 0 saturated carbocycles. The summed E-state index contributed by atoms with van der Waals surface area (Å²) in [5.41, 5.74) is 6.02. The third-order valence-corrected chi connectivity index (χ3v) is 2.87. The second-order valence-corrected chi connectivity index (χ2v) is 3.79. The molecule has 0 spiro atoms. The first-order valence-corrected chi connectivity index (χ1v) is 5.66. The second kappa shape index (κ2) is 7.34. The van der Waals surface area contributed by atoms with Crippen LogP contribution in [0, 0.1) is 0 Å². The summed E-state index contributed by atoms with van der Waals surface area (Å²) >= 11 is 0. The minimum absolute atomic E-state index is 0.330. The molecule has 0 aliphatic rings. The highest BCUT2D eigenvalue weighted by molar-refractivity contribution is 4.76. The van der Waals surface area contributed by atoms with Crippen molar-refractivity contribution in [3.8, 4) is 0 Å². The van der Waals surface area contributed by atoms with Crippen molar-refractivity contribution in [1.29, 1.82) is 0 Å². The van der Waals surface area contributed by atoms with Gasteiger partial charge in [0.25, 0.3) is 0 Å². The van der Waals surface area contributed by atoms with Crippen LogP contribution in [0.5, 0.6) is 0 Å². The predicted octanol–water partition coefficient (Wildman–Crippen LogP) is 2.23. The van der Waals surface area contributed by atoms with Gasteiger partial charge in [0, 0.05) is 12.1 Å². The standard InChI is InChI=1S/C11H26N2/c1-5-8-9-13(7-3)10(4)11(12)6-2/h10-11H,5-9,12H2,1-4H3. The Kier molecular flexibility index (Phi) is 7.29. The Morgan fingerprint density at radius 1 is 1.23 bits per heavy atom. The lowest BCUT2D eigenvalue weighted by Crippen LogP contribution is -2.45. The van der Waals surface area contributed by atoms with Crippen LogP contribution in [0.15, 0.2) is 0 Å². The molecule has 0 aromatic heterocycles. The molecule has 2 unspecified atom stereocenters. The summed E-state index contributed by atoms with van der Waals surface area (Å²) in [5, 5.41) is 0. The summed E-state index contributed by atoms with van der Waals surface area (Å²) in [6.07, 6.45) is 3.63. The largest absolute Gasteiger partial charge is 0.326 e. The molecule has 0 fully saturated rings. The van der Waals surface area contributed by atoms with E-state index >= 15 is 0 Å². The molecule has 0 radical (unpaired) electrons. The van der Waals surface area contributed by atoms with Gasteiger partial charge in [0.1, 0.15) is 0 Å². The minimum Gasteiger partial charge on any atom is -0.326 e. The normalized spacial score (nSPS) is 16.2. The van der Waals surface area contributed by atoms with Crippen LogP contribution in [0.2, 0.25) is 0 Å². The highest BCUT2D eigenvalue weighted by Gasteiger charge is 2.16. The maximum Gasteiger partial charge on any atom is 0.0218 e. The fraction of sp³-hybridized carbons (Fsp3) is 1.00. The van der Waals surface area contributed by atoms with E-state index in [1.165, 1.54) is 19.4 Å². The van der Waals surface area contributed by atoms with E-state index in [0.717, 1.165) is 13.0 Å². The molecule has 0 aliphatic carbocycles. The summed E-state index contributed by atoms with van der Waals surface area (Å²) in [6, 6.07) is 0.860. The summed E-state index contributed by atoms with van der Waals surface area (Å²) in [4.78, 5) is 2.48. The van der Waals surface area contributed by atoms with E-state index < -0.39 is 0 Å². The van der Waals surface area contributed by atoms with Crippen LogP contribution in [-0.4, -0.2) is 30.1 Å². The van der Waals surface area contributed by atoms with Gasteiger partial charge in [-0.3, -0.25) is 4.90 Å². The number of likely N-dealkylation sites (N-methyl/N-ethyl adjacent to an activating group) is 1. The van der Waals surface area contributed by atoms with Gasteiger partial charge in [0.05, 0.1) is 0 Å². The number of hydrogen-bond acceptors (Lipinski definition) is 2. The van der Waals surface area contributed by atoms with E-state index in [1.54, 1.807) is 0 Å². The third-order valence-electron chi connectivity index (χ3n) is 2.87. The van der Waals surface area contributed by atoms with Crippen LogP contribution in [0.25, 0.3) is 0 Å². The van der Waals surface area contributed by atoms with Crippen LogP contribution in [0.1, 0.15) is 47.0 Å². The van der Waals surface area contributed by atoms with Gasteiger partial charge >= 0.3 is 0 Å². The van der Waals surface area contributed by atoms with Crippen molar-refractivity contribution >= 4 is 0 Å². The number of rotatable bonds is 7. The van der Waals surface area contributed by atoms with E-state index in [4.69, 9.17) is 5.73 Å². The van der Waals surface area contributed by atoms with E-state index in [9.17, 15) is 0 Å². The monoisotopic (exact) mass is 186 g/mol. The van der Waals surface area contributed by atoms with Crippen LogP contribution in [-0.2, 0) is 0 Å². The first-order chi connectivity index (χ1) is 6.17. The Morgan fingerprint density at radius 2 is 1.85 bits per heavy atom. The lowest BCUT2D eigenvalue weighted by molar-refractivity contribution is 0.188. The Labute approximate surface area is 83.5 Å². The molecule has 2 N–H and O–H groups in total. The van der Waals surface area contributed by atoms with Crippen molar-refractivity contribution in [2.45, 2.75) is 59.0 Å². The molecule has 0 heterocycles. The van der Waals surface area contributed by atoms with Gasteiger partial charge in [-0.05, 0) is 32.9 Å². The SMILES string of the molecule is CCCCN(CC)C(C)C(N)CC. The highest BCUT2D eigenvalue weighted by atomic mass is 15.2. The third kappa shape index (κ3) is 4.63. The van der Waals surface area contributed by atoms with Crippen LogP contribution < -0.4 is 5.73 Å². The van der Waals surface area contributed by atoms with Crippen LogP contribution in [0.4, 0.5) is 0 Å². The quantitative estimate of drug-likeness (QED) is 0.660. The Balaban J connectivity index is 3.90. The van der Waals surface area contributed by atoms with E-state index in [-0.39, 0.29) is 0 Å². The summed E-state index contributed by atoms with van der Waals surface area (Å²) in [6.45, 7) is 11.2. The molecule has 0 amide bonds. The number of unbranched alkanes of at least 4 members (excludes halogenated alkanes) is 1.